The number of hydrogen-bond donors (Lipinski definition) is 0. The zero-order valence-corrected chi connectivity index (χ0v) is 19.9. The minimum atomic E-state index is 0.954. The van der Waals surface area contributed by atoms with Gasteiger partial charge in [-0.1, -0.05) is 93.2 Å². The first-order chi connectivity index (χ1) is 15.1. The summed E-state index contributed by atoms with van der Waals surface area (Å²) in [5.74, 6) is 1.91. The Hall–Kier alpha value is -1.64. The fourth-order valence-electron chi connectivity index (χ4n) is 4.87. The summed E-state index contributed by atoms with van der Waals surface area (Å²) in [4.78, 5) is 5.25. The Morgan fingerprint density at radius 2 is 1.06 bits per heavy atom. The number of rotatable bonds is 14. The van der Waals surface area contributed by atoms with E-state index >= 15 is 0 Å². The highest BCUT2D eigenvalue weighted by atomic mass is 15.1. The summed E-state index contributed by atoms with van der Waals surface area (Å²) in [5, 5.41) is 0. The van der Waals surface area contributed by atoms with E-state index in [9.17, 15) is 0 Å². The van der Waals surface area contributed by atoms with Crippen LogP contribution in [0.5, 0.6) is 0 Å². The predicted octanol–water partition coefficient (Wildman–Crippen LogP) is 6.96. The molecule has 2 rings (SSSR count). The SMILES string of the molecule is C=CC=CC(=C)CCN1CCC(CCCC2CCN(CCC(=C)C=CC=C)CC2)CC1. The summed E-state index contributed by atoms with van der Waals surface area (Å²) in [6, 6.07) is 0. The normalized spacial score (nSPS) is 19.9. The molecule has 2 aliphatic rings. The molecule has 0 unspecified atom stereocenters. The zero-order chi connectivity index (χ0) is 22.3. The van der Waals surface area contributed by atoms with Crippen molar-refractivity contribution in [3.05, 3.63) is 73.9 Å². The number of nitrogens with zero attached hydrogens (tertiary/aromatic N) is 2. The summed E-state index contributed by atoms with van der Waals surface area (Å²) in [6.07, 6.45) is 23.8. The minimum absolute atomic E-state index is 0.954. The second-order valence-electron chi connectivity index (χ2n) is 9.51. The van der Waals surface area contributed by atoms with Crippen LogP contribution in [0.25, 0.3) is 0 Å². The summed E-state index contributed by atoms with van der Waals surface area (Å²) < 4.78 is 0. The Labute approximate surface area is 192 Å². The first-order valence-corrected chi connectivity index (χ1v) is 12.5. The van der Waals surface area contributed by atoms with Crippen LogP contribution in [0.3, 0.4) is 0 Å². The molecule has 2 aliphatic heterocycles. The molecular formula is C29H46N2. The second-order valence-corrected chi connectivity index (χ2v) is 9.51. The Bertz CT molecular complexity index is 557. The number of hydrogen-bond acceptors (Lipinski definition) is 2. The fraction of sp³-hybridized carbons (Fsp3) is 0.586. The summed E-state index contributed by atoms with van der Waals surface area (Å²) in [5.41, 5.74) is 2.42. The zero-order valence-electron chi connectivity index (χ0n) is 19.9. The van der Waals surface area contributed by atoms with Crippen molar-refractivity contribution in [2.75, 3.05) is 39.3 Å². The maximum atomic E-state index is 4.14. The Morgan fingerprint density at radius 1 is 0.677 bits per heavy atom. The van der Waals surface area contributed by atoms with E-state index in [1.165, 1.54) is 82.3 Å². The van der Waals surface area contributed by atoms with E-state index in [0.717, 1.165) is 37.8 Å². The predicted molar refractivity (Wildman–Crippen MR) is 138 cm³/mol. The largest absolute Gasteiger partial charge is 0.303 e. The standard InChI is InChI=1S/C29H46N2/c1-5-7-10-26(3)14-20-30-22-16-28(17-23-30)12-9-13-29-18-24-31(25-19-29)21-15-27(4)11-8-6-2/h5-8,10-11,28-29H,1-4,9,12-25H2. The monoisotopic (exact) mass is 422 g/mol. The van der Waals surface area contributed by atoms with Crippen molar-refractivity contribution in [2.45, 2.75) is 57.8 Å². The van der Waals surface area contributed by atoms with Crippen LogP contribution in [0.15, 0.2) is 73.9 Å². The highest BCUT2D eigenvalue weighted by molar-refractivity contribution is 5.18. The van der Waals surface area contributed by atoms with Gasteiger partial charge in [0.1, 0.15) is 0 Å². The first-order valence-electron chi connectivity index (χ1n) is 12.5. The minimum Gasteiger partial charge on any atom is -0.303 e. The van der Waals surface area contributed by atoms with E-state index in [1.54, 1.807) is 0 Å². The first kappa shape index (κ1) is 25.6. The summed E-state index contributed by atoms with van der Waals surface area (Å²) >= 11 is 0. The average molecular weight is 423 g/mol. The Balaban J connectivity index is 1.50. The topological polar surface area (TPSA) is 6.48 Å². The molecule has 0 aromatic rings. The third kappa shape index (κ3) is 11.0. The molecule has 0 radical (unpaired) electrons. The number of piperidine rings is 2. The molecule has 31 heavy (non-hydrogen) atoms. The molecular weight excluding hydrogens is 376 g/mol. The van der Waals surface area contributed by atoms with Crippen LogP contribution in [0.1, 0.15) is 57.8 Å². The maximum Gasteiger partial charge on any atom is 0.00216 e. The lowest BCUT2D eigenvalue weighted by molar-refractivity contribution is 0.164. The van der Waals surface area contributed by atoms with Crippen molar-refractivity contribution in [1.82, 2.24) is 9.80 Å². The van der Waals surface area contributed by atoms with Gasteiger partial charge in [-0.25, -0.2) is 0 Å². The van der Waals surface area contributed by atoms with Crippen LogP contribution >= 0.6 is 0 Å². The van der Waals surface area contributed by atoms with Crippen molar-refractivity contribution in [3.8, 4) is 0 Å². The van der Waals surface area contributed by atoms with Gasteiger partial charge in [-0.15, -0.1) is 0 Å². The Kier molecular flexibility index (Phi) is 12.6. The molecule has 0 atom stereocenters. The lowest BCUT2D eigenvalue weighted by Gasteiger charge is -2.33. The average Bonchev–Trinajstić information content (AvgIpc) is 2.80. The number of allylic oxidation sites excluding steroid dienone is 6. The molecule has 2 fully saturated rings. The van der Waals surface area contributed by atoms with Gasteiger partial charge >= 0.3 is 0 Å². The van der Waals surface area contributed by atoms with E-state index in [4.69, 9.17) is 0 Å². The Morgan fingerprint density at radius 3 is 1.42 bits per heavy atom. The number of likely N-dealkylation sites (tertiary alicyclic amines) is 2. The molecule has 2 heteroatoms. The lowest BCUT2D eigenvalue weighted by Crippen LogP contribution is -2.35. The van der Waals surface area contributed by atoms with Crippen molar-refractivity contribution >= 4 is 0 Å². The molecule has 0 N–H and O–H groups in total. The van der Waals surface area contributed by atoms with Gasteiger partial charge < -0.3 is 9.80 Å². The van der Waals surface area contributed by atoms with Crippen molar-refractivity contribution < 1.29 is 0 Å². The van der Waals surface area contributed by atoms with Gasteiger partial charge in [0, 0.05) is 13.1 Å². The van der Waals surface area contributed by atoms with E-state index < -0.39 is 0 Å². The molecule has 0 amide bonds. The van der Waals surface area contributed by atoms with Crippen molar-refractivity contribution in [1.29, 1.82) is 0 Å². The lowest BCUT2D eigenvalue weighted by atomic mass is 9.86. The van der Waals surface area contributed by atoms with Crippen LogP contribution in [0, 0.1) is 11.8 Å². The van der Waals surface area contributed by atoms with E-state index in [-0.39, 0.29) is 0 Å². The molecule has 172 valence electrons. The van der Waals surface area contributed by atoms with Crippen molar-refractivity contribution in [3.63, 3.8) is 0 Å². The molecule has 0 bridgehead atoms. The molecule has 2 nitrogen and oxygen atoms in total. The van der Waals surface area contributed by atoms with Crippen LogP contribution < -0.4 is 0 Å². The van der Waals surface area contributed by atoms with Crippen LogP contribution in [0.4, 0.5) is 0 Å². The van der Waals surface area contributed by atoms with Gasteiger partial charge in [0.05, 0.1) is 0 Å². The molecule has 0 aliphatic carbocycles. The van der Waals surface area contributed by atoms with E-state index in [2.05, 4.69) is 48.3 Å². The third-order valence-corrected chi connectivity index (χ3v) is 7.07. The second kappa shape index (κ2) is 15.2. The van der Waals surface area contributed by atoms with E-state index in [0.29, 0.717) is 0 Å². The van der Waals surface area contributed by atoms with Gasteiger partial charge in [-0.2, -0.15) is 0 Å². The quantitative estimate of drug-likeness (QED) is 0.279. The van der Waals surface area contributed by atoms with Gasteiger partial charge in [-0.3, -0.25) is 0 Å². The van der Waals surface area contributed by atoms with Gasteiger partial charge in [0.15, 0.2) is 0 Å². The maximum absolute atomic E-state index is 4.14. The highest BCUT2D eigenvalue weighted by Gasteiger charge is 2.21. The molecule has 2 saturated heterocycles. The third-order valence-electron chi connectivity index (χ3n) is 7.07. The van der Waals surface area contributed by atoms with Crippen LogP contribution in [-0.4, -0.2) is 49.1 Å². The van der Waals surface area contributed by atoms with Gasteiger partial charge in [-0.05, 0) is 76.5 Å². The van der Waals surface area contributed by atoms with Crippen LogP contribution in [-0.2, 0) is 0 Å². The fourth-order valence-corrected chi connectivity index (χ4v) is 4.87. The van der Waals surface area contributed by atoms with Crippen LogP contribution in [0.2, 0.25) is 0 Å². The van der Waals surface area contributed by atoms with Gasteiger partial charge in [0.2, 0.25) is 0 Å². The molecule has 0 saturated carbocycles. The molecule has 0 aromatic heterocycles. The van der Waals surface area contributed by atoms with Gasteiger partial charge in [0.25, 0.3) is 0 Å². The molecule has 0 aromatic carbocycles. The summed E-state index contributed by atoms with van der Waals surface area (Å²) in [7, 11) is 0. The van der Waals surface area contributed by atoms with Crippen molar-refractivity contribution in [2.24, 2.45) is 11.8 Å². The molecule has 0 spiro atoms. The highest BCUT2D eigenvalue weighted by Crippen LogP contribution is 2.27. The smallest absolute Gasteiger partial charge is 0.00216 e. The molecule has 2 heterocycles. The summed E-state index contributed by atoms with van der Waals surface area (Å²) in [6.45, 7) is 23.1. The van der Waals surface area contributed by atoms with E-state index in [1.807, 2.05) is 24.3 Å².